The Labute approximate surface area is 258 Å². The van der Waals surface area contributed by atoms with E-state index in [1.165, 1.54) is 14.2 Å². The number of carbonyl (C=O) groups is 4. The van der Waals surface area contributed by atoms with Gasteiger partial charge in [0.15, 0.2) is 5.54 Å². The highest BCUT2D eigenvalue weighted by Gasteiger charge is 2.74. The predicted octanol–water partition coefficient (Wildman–Crippen LogP) is 4.36. The molecule has 0 unspecified atom stereocenters. The van der Waals surface area contributed by atoms with Gasteiger partial charge in [-0.15, -0.1) is 0 Å². The number of carbonyl (C=O) groups excluding carboxylic acids is 4. The zero-order valence-electron chi connectivity index (χ0n) is 24.3. The zero-order valence-corrected chi connectivity index (χ0v) is 25.9. The van der Waals surface area contributed by atoms with Gasteiger partial charge >= 0.3 is 11.9 Å². The number of methoxy groups -OCH3 is 2. The Kier molecular flexibility index (Phi) is 7.39. The van der Waals surface area contributed by atoms with Crippen molar-refractivity contribution in [1.82, 2.24) is 10.6 Å². The Morgan fingerprint density at radius 3 is 1.81 bits per heavy atom. The number of benzene rings is 3. The minimum Gasteiger partial charge on any atom is -0.468 e. The van der Waals surface area contributed by atoms with Crippen LogP contribution in [0.15, 0.2) is 83.3 Å². The van der Waals surface area contributed by atoms with Gasteiger partial charge in [0, 0.05) is 22.5 Å². The average Bonchev–Trinajstić information content (AvgIpc) is 3.56. The first kappa shape index (κ1) is 29.4. The molecule has 2 saturated heterocycles. The van der Waals surface area contributed by atoms with Crippen LogP contribution in [0.25, 0.3) is 0 Å². The van der Waals surface area contributed by atoms with Crippen LogP contribution in [0.4, 0.5) is 0 Å². The van der Waals surface area contributed by atoms with Crippen molar-refractivity contribution in [2.24, 2.45) is 23.7 Å². The summed E-state index contributed by atoms with van der Waals surface area (Å²) in [6, 6.07) is 22.7. The molecule has 6 rings (SSSR count). The number of fused-ring (bicyclic) bond motifs is 2. The molecule has 2 N–H and O–H groups in total. The van der Waals surface area contributed by atoms with E-state index < -0.39 is 58.8 Å². The van der Waals surface area contributed by atoms with Crippen LogP contribution < -0.4 is 10.6 Å². The summed E-state index contributed by atoms with van der Waals surface area (Å²) >= 11 is 3.47. The van der Waals surface area contributed by atoms with E-state index in [1.54, 1.807) is 31.2 Å². The van der Waals surface area contributed by atoms with Crippen molar-refractivity contribution < 1.29 is 28.7 Å². The third-order valence-electron chi connectivity index (χ3n) is 9.65. The summed E-state index contributed by atoms with van der Waals surface area (Å²) < 4.78 is 11.5. The van der Waals surface area contributed by atoms with E-state index in [2.05, 4.69) is 26.6 Å². The van der Waals surface area contributed by atoms with Gasteiger partial charge in [-0.3, -0.25) is 25.0 Å². The van der Waals surface area contributed by atoms with Crippen molar-refractivity contribution in [1.29, 1.82) is 0 Å². The lowest BCUT2D eigenvalue weighted by molar-refractivity contribution is -0.161. The molecule has 1 aliphatic carbocycles. The molecule has 0 aromatic heterocycles. The van der Waals surface area contributed by atoms with Crippen LogP contribution in [0, 0.1) is 30.6 Å². The lowest BCUT2D eigenvalue weighted by Gasteiger charge is -2.42. The Hall–Kier alpha value is -3.66. The van der Waals surface area contributed by atoms with Crippen LogP contribution in [0.2, 0.25) is 0 Å². The molecule has 2 aliphatic heterocycles. The van der Waals surface area contributed by atoms with E-state index in [0.29, 0.717) is 5.56 Å². The summed E-state index contributed by atoms with van der Waals surface area (Å²) in [6.07, 6.45) is 0. The van der Waals surface area contributed by atoms with Gasteiger partial charge in [-0.25, -0.2) is 4.79 Å². The first-order valence-electron chi connectivity index (χ1n) is 14.3. The van der Waals surface area contributed by atoms with E-state index in [9.17, 15) is 14.4 Å². The molecule has 2 heterocycles. The van der Waals surface area contributed by atoms with Crippen LogP contribution in [0.1, 0.15) is 41.3 Å². The van der Waals surface area contributed by atoms with Crippen molar-refractivity contribution in [3.8, 4) is 0 Å². The van der Waals surface area contributed by atoms with E-state index in [0.717, 1.165) is 21.2 Å². The number of rotatable bonds is 5. The highest BCUT2D eigenvalue weighted by atomic mass is 79.9. The molecule has 8 atom stereocenters. The lowest BCUT2D eigenvalue weighted by Crippen LogP contribution is -2.60. The summed E-state index contributed by atoms with van der Waals surface area (Å²) in [7, 11) is 2.57. The summed E-state index contributed by atoms with van der Waals surface area (Å²) in [5.41, 5.74) is -0.0406. The van der Waals surface area contributed by atoms with Gasteiger partial charge in [0.2, 0.25) is 0 Å². The molecule has 1 saturated carbocycles. The maximum Gasteiger partial charge on any atom is 0.331 e. The molecule has 9 heteroatoms. The smallest absolute Gasteiger partial charge is 0.331 e. The van der Waals surface area contributed by atoms with Gasteiger partial charge in [0.1, 0.15) is 17.1 Å². The number of nitrogens with one attached hydrogen (secondary N) is 2. The third kappa shape index (κ3) is 4.31. The largest absolute Gasteiger partial charge is 0.468 e. The van der Waals surface area contributed by atoms with Gasteiger partial charge in [0.05, 0.1) is 32.0 Å². The quantitative estimate of drug-likeness (QED) is 0.394. The molecule has 8 nitrogen and oxygen atoms in total. The second-order valence-corrected chi connectivity index (χ2v) is 12.8. The minimum atomic E-state index is -1.64. The highest BCUT2D eigenvalue weighted by Crippen LogP contribution is 2.59. The second kappa shape index (κ2) is 10.8. The van der Waals surface area contributed by atoms with Crippen molar-refractivity contribution >= 4 is 39.4 Å². The van der Waals surface area contributed by atoms with Crippen LogP contribution in [-0.4, -0.2) is 43.3 Å². The molecule has 3 aliphatic rings. The second-order valence-electron chi connectivity index (χ2n) is 11.9. The Morgan fingerprint density at radius 1 is 0.721 bits per heavy atom. The topological polar surface area (TPSA) is 111 Å². The fourth-order valence-electron chi connectivity index (χ4n) is 7.72. The van der Waals surface area contributed by atoms with E-state index >= 15 is 4.79 Å². The van der Waals surface area contributed by atoms with Crippen molar-refractivity contribution in [3.63, 3.8) is 0 Å². The number of ether oxygens (including phenoxy) is 2. The molecule has 0 amide bonds. The Bertz CT molecular complexity index is 1590. The fraction of sp³-hybridized carbons (Fsp3) is 0.353. The molecule has 0 spiro atoms. The van der Waals surface area contributed by atoms with E-state index in [1.807, 2.05) is 61.5 Å². The van der Waals surface area contributed by atoms with E-state index in [-0.39, 0.29) is 11.6 Å². The maximum absolute atomic E-state index is 15.1. The lowest BCUT2D eigenvalue weighted by atomic mass is 9.57. The Balaban J connectivity index is 1.60. The van der Waals surface area contributed by atoms with Crippen molar-refractivity contribution in [2.75, 3.05) is 14.2 Å². The number of aryl methyl sites for hydroxylation is 1. The number of hydrogen-bond donors (Lipinski definition) is 2. The van der Waals surface area contributed by atoms with Crippen LogP contribution in [-0.2, 0) is 34.2 Å². The van der Waals surface area contributed by atoms with Crippen LogP contribution in [0.3, 0.4) is 0 Å². The summed E-state index contributed by atoms with van der Waals surface area (Å²) in [6.45, 7) is 3.60. The predicted molar refractivity (Wildman–Crippen MR) is 162 cm³/mol. The normalized spacial score (nSPS) is 33.0. The van der Waals surface area contributed by atoms with E-state index in [4.69, 9.17) is 9.47 Å². The summed E-state index contributed by atoms with van der Waals surface area (Å²) in [4.78, 5) is 57.5. The molecular formula is C34H33BrN2O6. The number of halogens is 1. The summed E-state index contributed by atoms with van der Waals surface area (Å²) in [5.74, 6) is -5.83. The molecule has 3 aromatic carbocycles. The monoisotopic (exact) mass is 644 g/mol. The van der Waals surface area contributed by atoms with Crippen LogP contribution in [0.5, 0.6) is 0 Å². The maximum atomic E-state index is 15.1. The molecule has 3 fully saturated rings. The zero-order chi connectivity index (χ0) is 30.7. The summed E-state index contributed by atoms with van der Waals surface area (Å²) in [5, 5.41) is 6.82. The SMILES string of the molecule is COC(=O)[C@]1(c2ccccc2)N[C@H](c2ccc(Br)cc2)[C@@H]2C(=O)[C@@H]3[C@H](C(=O)[C@@H]21)[C@H](c1ccc(C)cc1)N[C@]3(C)C(=O)OC. The number of esters is 2. The standard InChI is InChI=1S/C34H33BrN2O6/c1-18-10-12-19(13-11-18)27-23-25(33(2,36-27)31(40)42-3)29(38)24-26(30(23)39)34(32(41)43-4,21-8-6-5-7-9-21)37-28(24)20-14-16-22(35)17-15-20/h5-17,23-28,36-37H,1-4H3/t23-,24+,25-,26+,27-,28+,33-,34+/m0/s1. The van der Waals surface area contributed by atoms with Gasteiger partial charge in [-0.1, -0.05) is 88.2 Å². The van der Waals surface area contributed by atoms with Gasteiger partial charge in [-0.2, -0.15) is 0 Å². The van der Waals surface area contributed by atoms with Crippen LogP contribution >= 0.6 is 15.9 Å². The van der Waals surface area contributed by atoms with Gasteiger partial charge in [0.25, 0.3) is 0 Å². The Morgan fingerprint density at radius 2 is 1.23 bits per heavy atom. The molecule has 0 bridgehead atoms. The molecule has 43 heavy (non-hydrogen) atoms. The minimum absolute atomic E-state index is 0.272. The number of ketones is 2. The number of hydrogen-bond acceptors (Lipinski definition) is 8. The first-order chi connectivity index (χ1) is 20.6. The number of Topliss-reactive ketones (excluding diaryl/α,β-unsaturated/α-hetero) is 2. The van der Waals surface area contributed by atoms with Crippen molar-refractivity contribution in [3.05, 3.63) is 106 Å². The molecule has 222 valence electrons. The molecular weight excluding hydrogens is 612 g/mol. The third-order valence-corrected chi connectivity index (χ3v) is 10.2. The van der Waals surface area contributed by atoms with Gasteiger partial charge < -0.3 is 9.47 Å². The average molecular weight is 646 g/mol. The highest BCUT2D eigenvalue weighted by molar-refractivity contribution is 9.10. The van der Waals surface area contributed by atoms with Gasteiger partial charge in [-0.05, 0) is 42.7 Å². The molecule has 0 radical (unpaired) electrons. The first-order valence-corrected chi connectivity index (χ1v) is 15.0. The molecule has 3 aromatic rings. The fourth-order valence-corrected chi connectivity index (χ4v) is 7.98. The van der Waals surface area contributed by atoms with Crippen molar-refractivity contribution in [2.45, 2.75) is 37.0 Å².